The molecule has 1 N–H and O–H groups in total. The summed E-state index contributed by atoms with van der Waals surface area (Å²) >= 11 is 12.3. The van der Waals surface area contributed by atoms with Crippen LogP contribution in [0.3, 0.4) is 0 Å². The van der Waals surface area contributed by atoms with E-state index in [9.17, 15) is 13.2 Å². The highest BCUT2D eigenvalue weighted by atomic mass is 35.5. The Labute approximate surface area is 183 Å². The van der Waals surface area contributed by atoms with Crippen LogP contribution in [0.1, 0.15) is 10.5 Å². The first-order valence-electron chi connectivity index (χ1n) is 8.45. The number of benzene rings is 2. The van der Waals surface area contributed by atoms with Gasteiger partial charge < -0.3 is 14.0 Å². The molecule has 2 aromatic carbocycles. The number of halogens is 2. The molecule has 11 heteroatoms. The van der Waals surface area contributed by atoms with E-state index in [0.717, 1.165) is 0 Å². The third-order valence-corrected chi connectivity index (χ3v) is 6.36. The van der Waals surface area contributed by atoms with Gasteiger partial charge in [0.2, 0.25) is 0 Å². The van der Waals surface area contributed by atoms with Crippen LogP contribution in [0.25, 0.3) is 11.4 Å². The minimum atomic E-state index is -4.27. The number of nitrogens with one attached hydrogen (secondary N) is 1. The average molecular weight is 470 g/mol. The normalized spacial score (nSPS) is 11.2. The number of methoxy groups -OCH3 is 2. The molecule has 0 bridgehead atoms. The highest BCUT2D eigenvalue weighted by Gasteiger charge is 2.25. The van der Waals surface area contributed by atoms with E-state index < -0.39 is 15.9 Å². The Kier molecular flexibility index (Phi) is 6.25. The Morgan fingerprint density at radius 1 is 1.13 bits per heavy atom. The van der Waals surface area contributed by atoms with Crippen LogP contribution in [-0.2, 0) is 17.1 Å². The summed E-state index contributed by atoms with van der Waals surface area (Å²) in [5.74, 6) is -0.216. The zero-order valence-corrected chi connectivity index (χ0v) is 18.5. The molecule has 0 aliphatic heterocycles. The number of hydrogen-bond donors (Lipinski definition) is 1. The van der Waals surface area contributed by atoms with Gasteiger partial charge in [0.15, 0.2) is 0 Å². The Balaban J connectivity index is 1.94. The van der Waals surface area contributed by atoms with Gasteiger partial charge in [-0.05, 0) is 24.3 Å². The fourth-order valence-corrected chi connectivity index (χ4v) is 4.26. The summed E-state index contributed by atoms with van der Waals surface area (Å²) in [5.41, 5.74) is 0.386. The lowest BCUT2D eigenvalue weighted by atomic mass is 10.2. The van der Waals surface area contributed by atoms with Crippen LogP contribution in [0.4, 0.5) is 0 Å². The highest BCUT2D eigenvalue weighted by Crippen LogP contribution is 2.33. The van der Waals surface area contributed by atoms with Crippen molar-refractivity contribution in [3.63, 3.8) is 0 Å². The van der Waals surface area contributed by atoms with Gasteiger partial charge >= 0.3 is 0 Å². The highest BCUT2D eigenvalue weighted by molar-refractivity contribution is 7.90. The van der Waals surface area contributed by atoms with Crippen molar-refractivity contribution in [2.75, 3.05) is 14.2 Å². The van der Waals surface area contributed by atoms with Gasteiger partial charge in [0, 0.05) is 24.9 Å². The van der Waals surface area contributed by atoms with E-state index in [1.54, 1.807) is 35.9 Å². The maximum Gasteiger partial charge on any atom is 0.285 e. The van der Waals surface area contributed by atoms with Crippen LogP contribution in [-0.4, -0.2) is 38.1 Å². The van der Waals surface area contributed by atoms with E-state index in [1.165, 1.54) is 32.5 Å². The molecule has 0 spiro atoms. The van der Waals surface area contributed by atoms with Crippen LogP contribution in [0.15, 0.2) is 47.5 Å². The van der Waals surface area contributed by atoms with Crippen molar-refractivity contribution in [2.24, 2.45) is 7.05 Å². The molecule has 3 rings (SSSR count). The first kappa shape index (κ1) is 21.9. The number of sulfonamides is 1. The lowest BCUT2D eigenvalue weighted by Crippen LogP contribution is -2.31. The van der Waals surface area contributed by atoms with Crippen molar-refractivity contribution >= 4 is 39.1 Å². The summed E-state index contributed by atoms with van der Waals surface area (Å²) in [4.78, 5) is 16.6. The Hall–Kier alpha value is -2.75. The molecule has 0 aliphatic rings. The second-order valence-corrected chi connectivity index (χ2v) is 8.55. The lowest BCUT2D eigenvalue weighted by molar-refractivity contribution is 0.0977. The van der Waals surface area contributed by atoms with Gasteiger partial charge in [-0.2, -0.15) is 0 Å². The summed E-state index contributed by atoms with van der Waals surface area (Å²) in [7, 11) is 0.0995. The molecule has 1 aromatic heterocycles. The van der Waals surface area contributed by atoms with E-state index in [1.807, 2.05) is 4.72 Å². The van der Waals surface area contributed by atoms with Gasteiger partial charge in [0.25, 0.3) is 15.9 Å². The fourth-order valence-electron chi connectivity index (χ4n) is 2.73. The molecule has 0 aliphatic carbocycles. The van der Waals surface area contributed by atoms with Gasteiger partial charge in [-0.3, -0.25) is 4.79 Å². The second kappa shape index (κ2) is 8.55. The summed E-state index contributed by atoms with van der Waals surface area (Å²) in [6.45, 7) is 0. The van der Waals surface area contributed by atoms with Gasteiger partial charge in [-0.15, -0.1) is 0 Å². The number of aromatic nitrogens is 2. The van der Waals surface area contributed by atoms with E-state index in [-0.39, 0.29) is 21.4 Å². The maximum absolute atomic E-state index is 12.8. The molecule has 8 nitrogen and oxygen atoms in total. The van der Waals surface area contributed by atoms with Crippen molar-refractivity contribution in [2.45, 2.75) is 4.90 Å². The Morgan fingerprint density at radius 3 is 2.53 bits per heavy atom. The van der Waals surface area contributed by atoms with Crippen molar-refractivity contribution in [1.82, 2.24) is 14.3 Å². The molecular weight excluding hydrogens is 453 g/mol. The van der Waals surface area contributed by atoms with Crippen molar-refractivity contribution in [3.8, 4) is 22.9 Å². The number of nitrogens with zero attached hydrogens (tertiary/aromatic N) is 2. The Bertz CT molecular complexity index is 1220. The number of hydrogen-bond acceptors (Lipinski definition) is 6. The minimum absolute atomic E-state index is 0.0588. The zero-order chi connectivity index (χ0) is 22.1. The molecule has 0 atom stereocenters. The first-order chi connectivity index (χ1) is 14.2. The number of ether oxygens (including phenoxy) is 2. The SMILES string of the molecule is COc1ccc(OC)c(S(=O)(=O)NC(=O)c2cn(C)c(-c3cccc(Cl)c3Cl)n2)c1. The number of rotatable bonds is 6. The van der Waals surface area contributed by atoms with Gasteiger partial charge in [0.05, 0.1) is 24.3 Å². The zero-order valence-electron chi connectivity index (χ0n) is 16.1. The van der Waals surface area contributed by atoms with Crippen LogP contribution in [0, 0.1) is 0 Å². The predicted molar refractivity (Wildman–Crippen MR) is 113 cm³/mol. The maximum atomic E-state index is 12.8. The average Bonchev–Trinajstić information content (AvgIpc) is 3.11. The third kappa shape index (κ3) is 4.23. The number of aryl methyl sites for hydroxylation is 1. The van der Waals surface area contributed by atoms with Crippen LogP contribution >= 0.6 is 23.2 Å². The van der Waals surface area contributed by atoms with Crippen LogP contribution < -0.4 is 14.2 Å². The van der Waals surface area contributed by atoms with Crippen molar-refractivity contribution in [3.05, 3.63) is 58.3 Å². The number of carbonyl (C=O) groups is 1. The van der Waals surface area contributed by atoms with Gasteiger partial charge in [-0.1, -0.05) is 29.3 Å². The molecule has 1 amide bonds. The molecule has 0 saturated carbocycles. The predicted octanol–water partition coefficient (Wildman–Crippen LogP) is 3.53. The molecule has 0 fully saturated rings. The summed E-state index contributed by atoms with van der Waals surface area (Å²) < 4.78 is 39.3. The van der Waals surface area contributed by atoms with Crippen molar-refractivity contribution < 1.29 is 22.7 Å². The standard InChI is InChI=1S/C19H17Cl2N3O5S/c1-24-10-14(22-18(24)12-5-4-6-13(20)17(12)21)19(25)23-30(26,27)16-9-11(28-2)7-8-15(16)29-3/h4-10H,1-3H3,(H,23,25). The smallest absolute Gasteiger partial charge is 0.285 e. The summed E-state index contributed by atoms with van der Waals surface area (Å²) in [6.07, 6.45) is 1.39. The van der Waals surface area contributed by atoms with E-state index in [2.05, 4.69) is 4.98 Å². The Morgan fingerprint density at radius 2 is 1.87 bits per heavy atom. The topological polar surface area (TPSA) is 99.5 Å². The summed E-state index contributed by atoms with van der Waals surface area (Å²) in [5, 5.41) is 0.601. The number of carbonyl (C=O) groups excluding carboxylic acids is 1. The van der Waals surface area contributed by atoms with E-state index in [4.69, 9.17) is 32.7 Å². The number of amides is 1. The molecule has 0 saturated heterocycles. The van der Waals surface area contributed by atoms with E-state index in [0.29, 0.717) is 22.2 Å². The molecular formula is C19H17Cl2N3O5S. The number of imidazole rings is 1. The first-order valence-corrected chi connectivity index (χ1v) is 10.7. The van der Waals surface area contributed by atoms with E-state index >= 15 is 0 Å². The monoisotopic (exact) mass is 469 g/mol. The van der Waals surface area contributed by atoms with Gasteiger partial charge in [0.1, 0.15) is 27.9 Å². The third-order valence-electron chi connectivity index (χ3n) is 4.19. The quantitative estimate of drug-likeness (QED) is 0.592. The molecule has 30 heavy (non-hydrogen) atoms. The van der Waals surface area contributed by atoms with Gasteiger partial charge in [-0.25, -0.2) is 18.1 Å². The molecule has 158 valence electrons. The van der Waals surface area contributed by atoms with Crippen molar-refractivity contribution in [1.29, 1.82) is 0 Å². The molecule has 0 unspecified atom stereocenters. The summed E-state index contributed by atoms with van der Waals surface area (Å²) in [6, 6.07) is 9.23. The molecule has 3 aromatic rings. The molecule has 1 heterocycles. The molecule has 0 radical (unpaired) electrons. The van der Waals surface area contributed by atoms with Crippen LogP contribution in [0.5, 0.6) is 11.5 Å². The minimum Gasteiger partial charge on any atom is -0.497 e. The van der Waals surface area contributed by atoms with Crippen LogP contribution in [0.2, 0.25) is 10.0 Å². The lowest BCUT2D eigenvalue weighted by Gasteiger charge is -2.11. The largest absolute Gasteiger partial charge is 0.497 e. The second-order valence-electron chi connectivity index (χ2n) is 6.11. The fraction of sp³-hybridized carbons (Fsp3) is 0.158.